The number of nitrogens with zero attached hydrogens (tertiary/aromatic N) is 1. The first-order valence-corrected chi connectivity index (χ1v) is 2.78. The number of aromatic nitrogens is 2. The van der Waals surface area contributed by atoms with Crippen molar-refractivity contribution in [2.45, 2.75) is 6.36 Å². The van der Waals surface area contributed by atoms with Crippen LogP contribution in [0.5, 0.6) is 5.75 Å². The van der Waals surface area contributed by atoms with Gasteiger partial charge in [-0.1, -0.05) is 0 Å². The normalized spacial score (nSPS) is 11.2. The van der Waals surface area contributed by atoms with Crippen LogP contribution in [0, 0.1) is 0 Å². The first-order valence-electron chi connectivity index (χ1n) is 2.78. The van der Waals surface area contributed by atoms with Gasteiger partial charge in [0.25, 0.3) is 0 Å². The summed E-state index contributed by atoms with van der Waals surface area (Å²) in [5.41, 5.74) is -0.732. The second-order valence-electron chi connectivity index (χ2n) is 1.80. The highest BCUT2D eigenvalue weighted by molar-refractivity contribution is 5.10. The zero-order valence-corrected chi connectivity index (χ0v) is 5.55. The Balaban J connectivity index is 2.78. The number of ether oxygens (including phenoxy) is 1. The summed E-state index contributed by atoms with van der Waals surface area (Å²) >= 11 is 0. The molecule has 1 aromatic rings. The lowest BCUT2D eigenvalue weighted by molar-refractivity contribution is -0.274. The number of hydrogen-bond acceptors (Lipinski definition) is 3. The number of halogens is 3. The molecule has 1 rings (SSSR count). The van der Waals surface area contributed by atoms with Crippen LogP contribution in [-0.2, 0) is 0 Å². The Morgan fingerprint density at radius 2 is 2.17 bits per heavy atom. The fraction of sp³-hybridized carbons (Fsp3) is 0.200. The number of alkyl halides is 3. The topological polar surface area (TPSA) is 55.0 Å². The highest BCUT2D eigenvalue weighted by Crippen LogP contribution is 2.19. The summed E-state index contributed by atoms with van der Waals surface area (Å²) in [6.07, 6.45) is -3.30. The SMILES string of the molecule is O=c1ncc(OC(F)(F)F)c[nH]1. The van der Waals surface area contributed by atoms with Crippen molar-refractivity contribution in [1.82, 2.24) is 9.97 Å². The lowest BCUT2D eigenvalue weighted by Gasteiger charge is -2.06. The number of hydrogen-bond donors (Lipinski definition) is 1. The summed E-state index contributed by atoms with van der Waals surface area (Å²) in [7, 11) is 0. The predicted octanol–water partition coefficient (Wildman–Crippen LogP) is 0.668. The van der Waals surface area contributed by atoms with Crippen molar-refractivity contribution in [1.29, 1.82) is 0 Å². The molecule has 0 saturated carbocycles. The molecule has 0 saturated heterocycles. The Hall–Kier alpha value is -1.53. The number of H-pyrrole nitrogens is 1. The van der Waals surface area contributed by atoms with Gasteiger partial charge in [-0.05, 0) is 0 Å². The molecule has 12 heavy (non-hydrogen) atoms. The van der Waals surface area contributed by atoms with Gasteiger partial charge in [0.15, 0.2) is 5.75 Å². The van der Waals surface area contributed by atoms with E-state index in [0.29, 0.717) is 6.20 Å². The van der Waals surface area contributed by atoms with E-state index in [4.69, 9.17) is 0 Å². The molecule has 0 aliphatic rings. The summed E-state index contributed by atoms with van der Waals surface area (Å²) in [4.78, 5) is 15.2. The Labute approximate surface area is 64.0 Å². The van der Waals surface area contributed by atoms with E-state index in [-0.39, 0.29) is 0 Å². The summed E-state index contributed by atoms with van der Waals surface area (Å²) in [5, 5.41) is 0. The van der Waals surface area contributed by atoms with Crippen LogP contribution in [0.2, 0.25) is 0 Å². The summed E-state index contributed by atoms with van der Waals surface area (Å²) in [5.74, 6) is -0.554. The summed E-state index contributed by atoms with van der Waals surface area (Å²) < 4.78 is 37.9. The van der Waals surface area contributed by atoms with Crippen molar-refractivity contribution in [2.75, 3.05) is 0 Å². The highest BCUT2D eigenvalue weighted by atomic mass is 19.4. The maximum absolute atomic E-state index is 11.5. The van der Waals surface area contributed by atoms with Crippen molar-refractivity contribution in [3.8, 4) is 5.75 Å². The lowest BCUT2D eigenvalue weighted by atomic mass is 10.6. The summed E-state index contributed by atoms with van der Waals surface area (Å²) in [6, 6.07) is 0. The van der Waals surface area contributed by atoms with Gasteiger partial charge < -0.3 is 9.72 Å². The second kappa shape index (κ2) is 2.84. The van der Waals surface area contributed by atoms with Gasteiger partial charge in [-0.15, -0.1) is 13.2 Å². The average Bonchev–Trinajstić information content (AvgIpc) is 1.91. The highest BCUT2D eigenvalue weighted by Gasteiger charge is 2.31. The monoisotopic (exact) mass is 180 g/mol. The van der Waals surface area contributed by atoms with Crippen LogP contribution in [0.1, 0.15) is 0 Å². The van der Waals surface area contributed by atoms with Crippen LogP contribution >= 0.6 is 0 Å². The Morgan fingerprint density at radius 3 is 2.58 bits per heavy atom. The Kier molecular flexibility index (Phi) is 2.03. The van der Waals surface area contributed by atoms with Gasteiger partial charge in [0, 0.05) is 6.20 Å². The van der Waals surface area contributed by atoms with Gasteiger partial charge in [-0.25, -0.2) is 4.79 Å². The zero-order chi connectivity index (χ0) is 9.19. The third-order valence-electron chi connectivity index (χ3n) is 0.881. The molecule has 0 bridgehead atoms. The molecule has 0 fully saturated rings. The van der Waals surface area contributed by atoms with Crippen molar-refractivity contribution < 1.29 is 17.9 Å². The van der Waals surface area contributed by atoms with Gasteiger partial charge in [0.1, 0.15) is 0 Å². The van der Waals surface area contributed by atoms with Crippen molar-refractivity contribution in [2.24, 2.45) is 0 Å². The third-order valence-corrected chi connectivity index (χ3v) is 0.881. The molecule has 4 nitrogen and oxygen atoms in total. The van der Waals surface area contributed by atoms with E-state index in [1.54, 1.807) is 0 Å². The maximum Gasteiger partial charge on any atom is 0.573 e. The quantitative estimate of drug-likeness (QED) is 0.690. The van der Waals surface area contributed by atoms with E-state index in [0.717, 1.165) is 6.20 Å². The van der Waals surface area contributed by atoms with E-state index in [2.05, 4.69) is 9.72 Å². The lowest BCUT2D eigenvalue weighted by Crippen LogP contribution is -2.18. The third kappa shape index (κ3) is 2.60. The van der Waals surface area contributed by atoms with Crippen LogP contribution in [0.25, 0.3) is 0 Å². The first-order chi connectivity index (χ1) is 5.47. The molecule has 0 spiro atoms. The fourth-order valence-corrected chi connectivity index (χ4v) is 0.519. The minimum Gasteiger partial charge on any atom is -0.403 e. The second-order valence-corrected chi connectivity index (χ2v) is 1.80. The molecule has 1 N–H and O–H groups in total. The van der Waals surface area contributed by atoms with Crippen LogP contribution in [0.3, 0.4) is 0 Å². The van der Waals surface area contributed by atoms with E-state index < -0.39 is 17.8 Å². The summed E-state index contributed by atoms with van der Waals surface area (Å²) in [6.45, 7) is 0. The number of rotatable bonds is 1. The molecule has 0 unspecified atom stereocenters. The molecule has 66 valence electrons. The number of aromatic amines is 1. The molecule has 0 aliphatic carbocycles. The molecular formula is C5H3F3N2O2. The molecule has 1 heterocycles. The standard InChI is InChI=1S/C5H3F3N2O2/c6-5(7,8)12-3-1-9-4(11)10-2-3/h1-2H,(H,9,10,11). The minimum absolute atomic E-state index is 0.554. The Bertz CT molecular complexity index is 299. The average molecular weight is 180 g/mol. The Morgan fingerprint density at radius 1 is 1.50 bits per heavy atom. The predicted molar refractivity (Wildman–Crippen MR) is 31.5 cm³/mol. The molecule has 7 heteroatoms. The van der Waals surface area contributed by atoms with E-state index >= 15 is 0 Å². The van der Waals surface area contributed by atoms with Crippen LogP contribution in [-0.4, -0.2) is 16.3 Å². The molecule has 0 aliphatic heterocycles. The largest absolute Gasteiger partial charge is 0.573 e. The fourth-order valence-electron chi connectivity index (χ4n) is 0.519. The van der Waals surface area contributed by atoms with Gasteiger partial charge in [-0.3, -0.25) is 0 Å². The molecule has 0 aromatic carbocycles. The van der Waals surface area contributed by atoms with Crippen molar-refractivity contribution >= 4 is 0 Å². The van der Waals surface area contributed by atoms with Crippen molar-refractivity contribution in [3.63, 3.8) is 0 Å². The smallest absolute Gasteiger partial charge is 0.403 e. The molecular weight excluding hydrogens is 177 g/mol. The van der Waals surface area contributed by atoms with Crippen LogP contribution in [0.15, 0.2) is 17.2 Å². The van der Waals surface area contributed by atoms with Crippen LogP contribution in [0.4, 0.5) is 13.2 Å². The zero-order valence-electron chi connectivity index (χ0n) is 5.55. The molecule has 1 aromatic heterocycles. The molecule has 0 atom stereocenters. The van der Waals surface area contributed by atoms with E-state index in [1.807, 2.05) is 4.98 Å². The molecule has 0 amide bonds. The van der Waals surface area contributed by atoms with Gasteiger partial charge in [-0.2, -0.15) is 4.98 Å². The number of nitrogens with one attached hydrogen (secondary N) is 1. The van der Waals surface area contributed by atoms with Gasteiger partial charge in [0.05, 0.1) is 6.20 Å². The van der Waals surface area contributed by atoms with E-state index in [1.165, 1.54) is 0 Å². The maximum atomic E-state index is 11.5. The minimum atomic E-state index is -4.76. The first kappa shape index (κ1) is 8.57. The van der Waals surface area contributed by atoms with Crippen molar-refractivity contribution in [3.05, 3.63) is 22.9 Å². The van der Waals surface area contributed by atoms with Gasteiger partial charge in [0.2, 0.25) is 0 Å². The molecule has 0 radical (unpaired) electrons. The van der Waals surface area contributed by atoms with E-state index in [9.17, 15) is 18.0 Å². The van der Waals surface area contributed by atoms with Gasteiger partial charge >= 0.3 is 12.1 Å². The van der Waals surface area contributed by atoms with Crippen LogP contribution < -0.4 is 10.4 Å².